The molecule has 1 N–H and O–H groups in total. The standard InChI is InChI=1S/C24H29BrN6O3/c1-30(2)23-15-22(27-24(28-23)31(3)4)29-26-16-17-6-11-20(21(14-17)32-5)34-13-12-33-19-9-7-18(25)8-10-19/h6-11,14-16H,12-13H2,1-5H3,(H,27,28,29)/b26-16-. The molecular formula is C24H29BrN6O3. The van der Waals surface area contributed by atoms with E-state index in [0.29, 0.717) is 36.5 Å². The molecule has 0 aliphatic heterocycles. The van der Waals surface area contributed by atoms with E-state index in [2.05, 4.69) is 36.4 Å². The smallest absolute Gasteiger partial charge is 0.228 e. The van der Waals surface area contributed by atoms with Crippen LogP contribution in [0, 0.1) is 0 Å². The fourth-order valence-electron chi connectivity index (χ4n) is 2.81. The minimum atomic E-state index is 0.386. The van der Waals surface area contributed by atoms with Gasteiger partial charge in [0.25, 0.3) is 0 Å². The largest absolute Gasteiger partial charge is 0.493 e. The van der Waals surface area contributed by atoms with Crippen LogP contribution in [0.3, 0.4) is 0 Å². The number of hydrogen-bond donors (Lipinski definition) is 1. The maximum absolute atomic E-state index is 5.83. The molecule has 9 nitrogen and oxygen atoms in total. The highest BCUT2D eigenvalue weighted by Gasteiger charge is 2.08. The number of methoxy groups -OCH3 is 1. The summed E-state index contributed by atoms with van der Waals surface area (Å²) in [5.41, 5.74) is 3.82. The van der Waals surface area contributed by atoms with Crippen LogP contribution in [0.2, 0.25) is 0 Å². The van der Waals surface area contributed by atoms with Crippen LogP contribution in [0.15, 0.2) is 58.1 Å². The first-order chi connectivity index (χ1) is 16.4. The van der Waals surface area contributed by atoms with Gasteiger partial charge in [0.2, 0.25) is 5.95 Å². The summed E-state index contributed by atoms with van der Waals surface area (Å²) in [6.07, 6.45) is 1.69. The van der Waals surface area contributed by atoms with Gasteiger partial charge in [-0.15, -0.1) is 0 Å². The van der Waals surface area contributed by atoms with Gasteiger partial charge in [-0.25, -0.2) is 0 Å². The van der Waals surface area contributed by atoms with E-state index in [1.807, 2.05) is 86.5 Å². The first kappa shape index (κ1) is 25.1. The van der Waals surface area contributed by atoms with Gasteiger partial charge >= 0.3 is 0 Å². The third-order valence-corrected chi connectivity index (χ3v) is 5.09. The highest BCUT2D eigenvalue weighted by molar-refractivity contribution is 9.10. The van der Waals surface area contributed by atoms with E-state index >= 15 is 0 Å². The number of rotatable bonds is 11. The summed E-state index contributed by atoms with van der Waals surface area (Å²) in [5.74, 6) is 4.00. The second kappa shape index (κ2) is 12.1. The molecule has 180 valence electrons. The van der Waals surface area contributed by atoms with Gasteiger partial charge < -0.3 is 24.0 Å². The molecule has 10 heteroatoms. The van der Waals surface area contributed by atoms with Crippen LogP contribution in [-0.4, -0.2) is 64.7 Å². The zero-order valence-electron chi connectivity index (χ0n) is 19.9. The van der Waals surface area contributed by atoms with Crippen LogP contribution < -0.4 is 29.4 Å². The van der Waals surface area contributed by atoms with Gasteiger partial charge in [0.15, 0.2) is 17.3 Å². The number of halogens is 1. The quantitative estimate of drug-likeness (QED) is 0.224. The maximum Gasteiger partial charge on any atom is 0.228 e. The second-order valence-electron chi connectivity index (χ2n) is 7.63. The molecule has 0 amide bonds. The van der Waals surface area contributed by atoms with Gasteiger partial charge in [0, 0.05) is 38.7 Å². The monoisotopic (exact) mass is 528 g/mol. The molecule has 1 heterocycles. The summed E-state index contributed by atoms with van der Waals surface area (Å²) < 4.78 is 18.0. The van der Waals surface area contributed by atoms with Crippen molar-refractivity contribution in [2.75, 3.05) is 63.7 Å². The number of benzene rings is 2. The van der Waals surface area contributed by atoms with Crippen LogP contribution >= 0.6 is 15.9 Å². The third kappa shape index (κ3) is 7.24. The van der Waals surface area contributed by atoms with Gasteiger partial charge in [-0.3, -0.25) is 5.43 Å². The molecule has 0 aliphatic rings. The molecule has 3 rings (SSSR count). The lowest BCUT2D eigenvalue weighted by Crippen LogP contribution is -2.17. The van der Waals surface area contributed by atoms with E-state index in [0.717, 1.165) is 21.6 Å². The summed E-state index contributed by atoms with van der Waals surface area (Å²) in [7, 11) is 9.25. The Hall–Kier alpha value is -3.53. The average Bonchev–Trinajstić information content (AvgIpc) is 2.83. The molecule has 0 bridgehead atoms. The van der Waals surface area contributed by atoms with E-state index in [4.69, 9.17) is 14.2 Å². The molecule has 0 unspecified atom stereocenters. The van der Waals surface area contributed by atoms with Crippen molar-refractivity contribution in [2.24, 2.45) is 5.10 Å². The fourth-order valence-corrected chi connectivity index (χ4v) is 3.07. The Kier molecular flexibility index (Phi) is 8.92. The highest BCUT2D eigenvalue weighted by atomic mass is 79.9. The lowest BCUT2D eigenvalue weighted by molar-refractivity contribution is 0.211. The summed E-state index contributed by atoms with van der Waals surface area (Å²) in [5, 5.41) is 4.31. The van der Waals surface area contributed by atoms with Crippen molar-refractivity contribution in [1.29, 1.82) is 0 Å². The van der Waals surface area contributed by atoms with Gasteiger partial charge in [0.05, 0.1) is 13.3 Å². The molecule has 34 heavy (non-hydrogen) atoms. The van der Waals surface area contributed by atoms with Crippen molar-refractivity contribution in [3.05, 3.63) is 58.6 Å². The molecule has 0 radical (unpaired) electrons. The molecule has 0 aliphatic carbocycles. The Morgan fingerprint density at radius 1 is 0.912 bits per heavy atom. The van der Waals surface area contributed by atoms with E-state index < -0.39 is 0 Å². The fraction of sp³-hybridized carbons (Fsp3) is 0.292. The normalized spacial score (nSPS) is 10.8. The molecule has 0 atom stereocenters. The topological polar surface area (TPSA) is 84.3 Å². The zero-order valence-corrected chi connectivity index (χ0v) is 21.5. The maximum atomic E-state index is 5.83. The molecule has 0 saturated carbocycles. The molecule has 1 aromatic heterocycles. The van der Waals surface area contributed by atoms with Crippen molar-refractivity contribution in [3.8, 4) is 17.2 Å². The van der Waals surface area contributed by atoms with Gasteiger partial charge in [-0.2, -0.15) is 15.1 Å². The summed E-state index contributed by atoms with van der Waals surface area (Å²) >= 11 is 3.41. The Morgan fingerprint density at radius 3 is 2.32 bits per heavy atom. The zero-order chi connectivity index (χ0) is 24.5. The number of anilines is 3. The predicted molar refractivity (Wildman–Crippen MR) is 140 cm³/mol. The van der Waals surface area contributed by atoms with Crippen molar-refractivity contribution in [2.45, 2.75) is 0 Å². The average molecular weight is 529 g/mol. The minimum absolute atomic E-state index is 0.386. The molecular weight excluding hydrogens is 500 g/mol. The number of nitrogens with zero attached hydrogens (tertiary/aromatic N) is 5. The van der Waals surface area contributed by atoms with E-state index in [9.17, 15) is 0 Å². The first-order valence-corrected chi connectivity index (χ1v) is 11.4. The summed E-state index contributed by atoms with van der Waals surface area (Å²) in [6, 6.07) is 15.1. The second-order valence-corrected chi connectivity index (χ2v) is 8.55. The Labute approximate surface area is 208 Å². The van der Waals surface area contributed by atoms with Gasteiger partial charge in [0.1, 0.15) is 24.8 Å². The number of nitrogens with one attached hydrogen (secondary N) is 1. The van der Waals surface area contributed by atoms with E-state index in [-0.39, 0.29) is 0 Å². The molecule has 0 saturated heterocycles. The third-order valence-electron chi connectivity index (χ3n) is 4.56. The summed E-state index contributed by atoms with van der Waals surface area (Å²) in [6.45, 7) is 0.804. The van der Waals surface area contributed by atoms with E-state index in [1.54, 1.807) is 13.3 Å². The Morgan fingerprint density at radius 2 is 1.65 bits per heavy atom. The molecule has 0 spiro atoms. The van der Waals surface area contributed by atoms with Gasteiger partial charge in [-0.05, 0) is 48.0 Å². The van der Waals surface area contributed by atoms with Crippen LogP contribution in [0.5, 0.6) is 17.2 Å². The number of ether oxygens (including phenoxy) is 3. The van der Waals surface area contributed by atoms with Crippen molar-refractivity contribution >= 4 is 39.7 Å². The summed E-state index contributed by atoms with van der Waals surface area (Å²) in [4.78, 5) is 12.7. The van der Waals surface area contributed by atoms with Crippen LogP contribution in [0.25, 0.3) is 0 Å². The van der Waals surface area contributed by atoms with E-state index in [1.165, 1.54) is 0 Å². The molecule has 3 aromatic rings. The Bertz CT molecular complexity index is 1080. The van der Waals surface area contributed by atoms with Crippen molar-refractivity contribution in [1.82, 2.24) is 9.97 Å². The first-order valence-electron chi connectivity index (χ1n) is 10.6. The number of hydrazone groups is 1. The molecule has 0 fully saturated rings. The lowest BCUT2D eigenvalue weighted by atomic mass is 10.2. The SMILES string of the molecule is COc1cc(/C=N\Nc2cc(N(C)C)nc(N(C)C)n2)ccc1OCCOc1ccc(Br)cc1. The lowest BCUT2D eigenvalue weighted by Gasteiger charge is -2.17. The minimum Gasteiger partial charge on any atom is -0.493 e. The predicted octanol–water partition coefficient (Wildman–Crippen LogP) is 4.28. The highest BCUT2D eigenvalue weighted by Crippen LogP contribution is 2.27. The molecule has 2 aromatic carbocycles. The van der Waals surface area contributed by atoms with Crippen molar-refractivity contribution in [3.63, 3.8) is 0 Å². The van der Waals surface area contributed by atoms with Crippen molar-refractivity contribution < 1.29 is 14.2 Å². The Balaban J connectivity index is 1.59. The van der Waals surface area contributed by atoms with Crippen LogP contribution in [0.1, 0.15) is 5.56 Å². The van der Waals surface area contributed by atoms with Gasteiger partial charge in [-0.1, -0.05) is 15.9 Å². The van der Waals surface area contributed by atoms with Crippen LogP contribution in [-0.2, 0) is 0 Å². The van der Waals surface area contributed by atoms with Crippen LogP contribution in [0.4, 0.5) is 17.6 Å². The number of hydrogen-bond acceptors (Lipinski definition) is 9. The number of aromatic nitrogens is 2.